The summed E-state index contributed by atoms with van der Waals surface area (Å²) in [7, 11) is 0. The minimum Gasteiger partial charge on any atom is -0.480 e. The van der Waals surface area contributed by atoms with Gasteiger partial charge in [0, 0.05) is 13.2 Å². The predicted octanol–water partition coefficient (Wildman–Crippen LogP) is 2.24. The summed E-state index contributed by atoms with van der Waals surface area (Å²) in [6, 6.07) is 0. The quantitative estimate of drug-likeness (QED) is 0.370. The highest BCUT2D eigenvalue weighted by Gasteiger charge is 2.46. The number of rotatable bonds is 10. The van der Waals surface area contributed by atoms with Gasteiger partial charge in [0.25, 0.3) is 0 Å². The topological polar surface area (TPSA) is 72.8 Å². The zero-order valence-corrected chi connectivity index (χ0v) is 11.5. The minimum absolute atomic E-state index is 0.197. The third-order valence-electron chi connectivity index (χ3n) is 2.85. The van der Waals surface area contributed by atoms with E-state index in [4.69, 9.17) is 9.47 Å². The number of aliphatic carboxylic acids is 1. The van der Waals surface area contributed by atoms with Crippen LogP contribution >= 0.6 is 0 Å². The second-order valence-corrected chi connectivity index (χ2v) is 4.16. The van der Waals surface area contributed by atoms with E-state index < -0.39 is 17.4 Å². The third kappa shape index (κ3) is 4.64. The fraction of sp³-hybridized carbons (Fsp3) is 0.846. The average Bonchev–Trinajstić information content (AvgIpc) is 2.33. The van der Waals surface area contributed by atoms with Gasteiger partial charge in [-0.1, -0.05) is 13.3 Å². The van der Waals surface area contributed by atoms with Crippen molar-refractivity contribution in [3.8, 4) is 0 Å². The van der Waals surface area contributed by atoms with Gasteiger partial charge in [-0.25, -0.2) is 0 Å². The van der Waals surface area contributed by atoms with E-state index in [2.05, 4.69) is 0 Å². The molecule has 0 spiro atoms. The minimum atomic E-state index is -1.41. The molecule has 0 aliphatic carbocycles. The summed E-state index contributed by atoms with van der Waals surface area (Å²) in [5, 5.41) is 9.37. The van der Waals surface area contributed by atoms with Crippen molar-refractivity contribution in [1.29, 1.82) is 0 Å². The number of carbonyl (C=O) groups is 2. The molecule has 0 fully saturated rings. The van der Waals surface area contributed by atoms with E-state index in [1.54, 1.807) is 6.92 Å². The highest BCUT2D eigenvalue weighted by molar-refractivity contribution is 5.99. The Morgan fingerprint density at radius 1 is 1.11 bits per heavy atom. The number of hydrogen-bond acceptors (Lipinski definition) is 4. The standard InChI is InChI=1S/C13H24O5/c1-4-8-13(11(14)15,12(16)18-6-3)9-7-10-17-5-2/h4-10H2,1-3H3,(H,14,15). The van der Waals surface area contributed by atoms with Crippen molar-refractivity contribution in [2.45, 2.75) is 46.5 Å². The molecule has 0 radical (unpaired) electrons. The fourth-order valence-electron chi connectivity index (χ4n) is 1.95. The van der Waals surface area contributed by atoms with Crippen molar-refractivity contribution in [3.05, 3.63) is 0 Å². The molecule has 0 rings (SSSR count). The van der Waals surface area contributed by atoms with Crippen molar-refractivity contribution in [2.24, 2.45) is 5.41 Å². The van der Waals surface area contributed by atoms with Gasteiger partial charge in [0.2, 0.25) is 0 Å². The Kier molecular flexibility index (Phi) is 8.37. The van der Waals surface area contributed by atoms with Crippen LogP contribution in [0.25, 0.3) is 0 Å². The summed E-state index contributed by atoms with van der Waals surface area (Å²) in [6.07, 6.45) is 1.72. The molecule has 0 amide bonds. The second kappa shape index (κ2) is 8.91. The number of carboxylic acids is 1. The molecule has 0 aromatic heterocycles. The summed E-state index contributed by atoms with van der Waals surface area (Å²) in [4.78, 5) is 23.4. The van der Waals surface area contributed by atoms with E-state index in [-0.39, 0.29) is 13.0 Å². The summed E-state index contributed by atoms with van der Waals surface area (Å²) in [5.41, 5.74) is -1.41. The summed E-state index contributed by atoms with van der Waals surface area (Å²) < 4.78 is 10.1. The lowest BCUT2D eigenvalue weighted by Crippen LogP contribution is -2.41. The van der Waals surface area contributed by atoms with Crippen molar-refractivity contribution in [2.75, 3.05) is 19.8 Å². The van der Waals surface area contributed by atoms with Gasteiger partial charge in [0.15, 0.2) is 5.41 Å². The van der Waals surface area contributed by atoms with Crippen molar-refractivity contribution in [3.63, 3.8) is 0 Å². The van der Waals surface area contributed by atoms with E-state index in [9.17, 15) is 14.7 Å². The molecular formula is C13H24O5. The maximum atomic E-state index is 11.9. The maximum Gasteiger partial charge on any atom is 0.323 e. The molecule has 5 nitrogen and oxygen atoms in total. The molecule has 106 valence electrons. The Morgan fingerprint density at radius 2 is 1.78 bits per heavy atom. The molecule has 0 aliphatic heterocycles. The highest BCUT2D eigenvalue weighted by atomic mass is 16.5. The molecule has 18 heavy (non-hydrogen) atoms. The van der Waals surface area contributed by atoms with Gasteiger partial charge >= 0.3 is 11.9 Å². The summed E-state index contributed by atoms with van der Waals surface area (Å²) in [6.45, 7) is 6.67. The van der Waals surface area contributed by atoms with Crippen molar-refractivity contribution in [1.82, 2.24) is 0 Å². The number of esters is 1. The molecular weight excluding hydrogens is 236 g/mol. The predicted molar refractivity (Wildman–Crippen MR) is 67.3 cm³/mol. The SMILES string of the molecule is CCCC(CCCOCC)(C(=O)O)C(=O)OCC. The van der Waals surface area contributed by atoms with Crippen LogP contribution in [0.15, 0.2) is 0 Å². The first-order valence-electron chi connectivity index (χ1n) is 6.53. The van der Waals surface area contributed by atoms with Gasteiger partial charge in [0.1, 0.15) is 0 Å². The van der Waals surface area contributed by atoms with Crippen LogP contribution in [0.4, 0.5) is 0 Å². The number of carboxylic acid groups (broad SMARTS) is 1. The zero-order valence-electron chi connectivity index (χ0n) is 11.5. The summed E-state index contributed by atoms with van der Waals surface area (Å²) >= 11 is 0. The Labute approximate surface area is 108 Å². The van der Waals surface area contributed by atoms with Gasteiger partial charge in [-0.05, 0) is 33.1 Å². The first kappa shape index (κ1) is 16.9. The molecule has 0 aromatic rings. The van der Waals surface area contributed by atoms with Crippen molar-refractivity contribution >= 4 is 11.9 Å². The largest absolute Gasteiger partial charge is 0.480 e. The fourth-order valence-corrected chi connectivity index (χ4v) is 1.95. The smallest absolute Gasteiger partial charge is 0.323 e. The molecule has 5 heteroatoms. The van der Waals surface area contributed by atoms with E-state index in [1.807, 2.05) is 13.8 Å². The third-order valence-corrected chi connectivity index (χ3v) is 2.85. The second-order valence-electron chi connectivity index (χ2n) is 4.16. The van der Waals surface area contributed by atoms with Gasteiger partial charge in [-0.3, -0.25) is 9.59 Å². The number of ether oxygens (including phenoxy) is 2. The molecule has 0 saturated heterocycles. The normalized spacial score (nSPS) is 13.9. The van der Waals surface area contributed by atoms with Crippen LogP contribution in [-0.2, 0) is 19.1 Å². The molecule has 0 aromatic carbocycles. The molecule has 1 unspecified atom stereocenters. The lowest BCUT2D eigenvalue weighted by Gasteiger charge is -2.26. The van der Waals surface area contributed by atoms with E-state index in [0.29, 0.717) is 32.5 Å². The lowest BCUT2D eigenvalue weighted by molar-refractivity contribution is -0.170. The molecule has 1 atom stereocenters. The van der Waals surface area contributed by atoms with Crippen molar-refractivity contribution < 1.29 is 24.2 Å². The first-order chi connectivity index (χ1) is 8.55. The van der Waals surface area contributed by atoms with Gasteiger partial charge in [-0.2, -0.15) is 0 Å². The number of carbonyl (C=O) groups excluding carboxylic acids is 1. The summed E-state index contributed by atoms with van der Waals surface area (Å²) in [5.74, 6) is -1.73. The Hall–Kier alpha value is -1.10. The van der Waals surface area contributed by atoms with Crippen LogP contribution in [0.2, 0.25) is 0 Å². The van der Waals surface area contributed by atoms with Gasteiger partial charge in [0.05, 0.1) is 6.61 Å². The van der Waals surface area contributed by atoms with Crippen LogP contribution in [0.1, 0.15) is 46.5 Å². The van der Waals surface area contributed by atoms with Crippen LogP contribution in [-0.4, -0.2) is 36.9 Å². The zero-order chi connectivity index (χ0) is 14.0. The lowest BCUT2D eigenvalue weighted by atomic mass is 9.79. The van der Waals surface area contributed by atoms with Crippen LogP contribution in [0.5, 0.6) is 0 Å². The van der Waals surface area contributed by atoms with Crippen LogP contribution in [0.3, 0.4) is 0 Å². The molecule has 1 N–H and O–H groups in total. The molecule has 0 aliphatic rings. The Bertz CT molecular complexity index is 264. The molecule has 0 heterocycles. The van der Waals surface area contributed by atoms with E-state index in [1.165, 1.54) is 0 Å². The van der Waals surface area contributed by atoms with E-state index in [0.717, 1.165) is 0 Å². The van der Waals surface area contributed by atoms with Crippen LogP contribution in [0, 0.1) is 5.41 Å². The number of hydrogen-bond donors (Lipinski definition) is 1. The van der Waals surface area contributed by atoms with Gasteiger partial charge in [-0.15, -0.1) is 0 Å². The first-order valence-corrected chi connectivity index (χ1v) is 6.53. The maximum absolute atomic E-state index is 11.9. The Morgan fingerprint density at radius 3 is 2.22 bits per heavy atom. The van der Waals surface area contributed by atoms with E-state index >= 15 is 0 Å². The van der Waals surface area contributed by atoms with Crippen LogP contribution < -0.4 is 0 Å². The monoisotopic (exact) mass is 260 g/mol. The average molecular weight is 260 g/mol. The Balaban J connectivity index is 4.74. The highest BCUT2D eigenvalue weighted by Crippen LogP contribution is 2.32. The van der Waals surface area contributed by atoms with Gasteiger partial charge < -0.3 is 14.6 Å². The molecule has 0 saturated carbocycles. The molecule has 0 bridgehead atoms.